The Morgan fingerprint density at radius 1 is 1.36 bits per heavy atom. The summed E-state index contributed by atoms with van der Waals surface area (Å²) in [5.41, 5.74) is 4.77. The molecule has 1 fully saturated rings. The van der Waals surface area contributed by atoms with E-state index < -0.39 is 22.1 Å². The molecule has 0 saturated carbocycles. The van der Waals surface area contributed by atoms with Gasteiger partial charge in [-0.2, -0.15) is 0 Å². The van der Waals surface area contributed by atoms with E-state index in [1.54, 1.807) is 12.1 Å². The van der Waals surface area contributed by atoms with Gasteiger partial charge in [-0.3, -0.25) is 4.79 Å². The third-order valence-corrected chi connectivity index (χ3v) is 5.33. The smallest absolute Gasteiger partial charge is 0.281 e. The van der Waals surface area contributed by atoms with E-state index in [-0.39, 0.29) is 23.3 Å². The van der Waals surface area contributed by atoms with Gasteiger partial charge in [0.25, 0.3) is 5.91 Å². The van der Waals surface area contributed by atoms with Crippen molar-refractivity contribution < 1.29 is 23.3 Å². The molecule has 0 aromatic heterocycles. The summed E-state index contributed by atoms with van der Waals surface area (Å²) in [6, 6.07) is 5.95. The number of carbonyl (C=O) groups excluding carboxylic acids is 1. The third kappa shape index (κ3) is 3.64. The monoisotopic (exact) mass is 329 g/mol. The summed E-state index contributed by atoms with van der Waals surface area (Å²) >= 11 is 0. The maximum atomic E-state index is 13.2. The number of likely N-dealkylation sites (tertiary alicyclic amines) is 1. The first-order chi connectivity index (χ1) is 10.2. The third-order valence-electron chi connectivity index (χ3n) is 4.20. The number of hydrogen-bond acceptors (Lipinski definition) is 3. The van der Waals surface area contributed by atoms with Gasteiger partial charge in [0.15, 0.2) is 15.9 Å². The standard InChI is InChI=1S/C15H21FN2O3S/c1-10(11-3-5-13(6-4-11)22(2,20)21)14(17)15(19)18-8-7-12(16)9-18/h3-6,10,12,14H,7-9,17H2,1-2H3/p+1/t10-,12-,14-/m0/s1. The van der Waals surface area contributed by atoms with Gasteiger partial charge in [0.2, 0.25) is 0 Å². The zero-order valence-corrected chi connectivity index (χ0v) is 13.6. The molecule has 2 rings (SSSR count). The summed E-state index contributed by atoms with van der Waals surface area (Å²) in [6.07, 6.45) is 0.594. The van der Waals surface area contributed by atoms with Crippen LogP contribution in [0.4, 0.5) is 4.39 Å². The number of quaternary nitrogens is 1. The van der Waals surface area contributed by atoms with Crippen LogP contribution in [0.2, 0.25) is 0 Å². The summed E-state index contributed by atoms with van der Waals surface area (Å²) in [5, 5.41) is 0. The number of rotatable bonds is 4. The van der Waals surface area contributed by atoms with Gasteiger partial charge in [0.1, 0.15) is 6.17 Å². The Kier molecular flexibility index (Phi) is 4.87. The van der Waals surface area contributed by atoms with Gasteiger partial charge < -0.3 is 10.6 Å². The number of nitrogens with zero attached hydrogens (tertiary/aromatic N) is 1. The summed E-state index contributed by atoms with van der Waals surface area (Å²) in [4.78, 5) is 14.1. The fourth-order valence-electron chi connectivity index (χ4n) is 2.62. The van der Waals surface area contributed by atoms with Crippen LogP contribution in [-0.4, -0.2) is 50.8 Å². The lowest BCUT2D eigenvalue weighted by molar-refractivity contribution is -0.410. The van der Waals surface area contributed by atoms with Gasteiger partial charge in [0.05, 0.1) is 11.4 Å². The summed E-state index contributed by atoms with van der Waals surface area (Å²) < 4.78 is 36.1. The fraction of sp³-hybridized carbons (Fsp3) is 0.533. The van der Waals surface area contributed by atoms with E-state index in [2.05, 4.69) is 5.73 Å². The van der Waals surface area contributed by atoms with Crippen molar-refractivity contribution in [3.8, 4) is 0 Å². The highest BCUT2D eigenvalue weighted by Gasteiger charge is 2.34. The number of alkyl halides is 1. The van der Waals surface area contributed by atoms with E-state index in [0.717, 1.165) is 11.8 Å². The first kappa shape index (κ1) is 16.9. The average Bonchev–Trinajstić information content (AvgIpc) is 2.90. The quantitative estimate of drug-likeness (QED) is 0.867. The molecular weight excluding hydrogens is 307 g/mol. The Bertz CT molecular complexity index is 645. The molecule has 0 radical (unpaired) electrons. The molecule has 3 N–H and O–H groups in total. The molecular formula is C15H22FN2O3S+. The molecule has 1 aromatic rings. The molecule has 0 aliphatic carbocycles. The van der Waals surface area contributed by atoms with Crippen molar-refractivity contribution in [1.82, 2.24) is 4.90 Å². The molecule has 1 saturated heterocycles. The minimum Gasteiger partial charge on any atom is -0.347 e. The Hall–Kier alpha value is -1.47. The van der Waals surface area contributed by atoms with Gasteiger partial charge in [-0.1, -0.05) is 19.1 Å². The minimum absolute atomic E-state index is 0.143. The molecule has 7 heteroatoms. The number of sulfone groups is 1. The highest BCUT2D eigenvalue weighted by molar-refractivity contribution is 7.90. The lowest BCUT2D eigenvalue weighted by Crippen LogP contribution is -2.69. The number of benzene rings is 1. The zero-order chi connectivity index (χ0) is 16.5. The molecule has 1 aromatic carbocycles. The van der Waals surface area contributed by atoms with Crippen molar-refractivity contribution in [2.45, 2.75) is 36.4 Å². The Morgan fingerprint density at radius 2 is 1.95 bits per heavy atom. The van der Waals surface area contributed by atoms with Crippen molar-refractivity contribution in [2.24, 2.45) is 0 Å². The second-order valence-corrected chi connectivity index (χ2v) is 7.92. The Labute approximate surface area is 130 Å². The molecule has 3 atom stereocenters. The second-order valence-electron chi connectivity index (χ2n) is 5.91. The van der Waals surface area contributed by atoms with E-state index in [4.69, 9.17) is 0 Å². The minimum atomic E-state index is -3.23. The van der Waals surface area contributed by atoms with Crippen LogP contribution in [-0.2, 0) is 14.6 Å². The summed E-state index contributed by atoms with van der Waals surface area (Å²) in [6.45, 7) is 2.45. The molecule has 22 heavy (non-hydrogen) atoms. The first-order valence-corrected chi connectivity index (χ1v) is 9.15. The lowest BCUT2D eigenvalue weighted by atomic mass is 9.93. The second kappa shape index (κ2) is 6.34. The van der Waals surface area contributed by atoms with Crippen LogP contribution < -0.4 is 5.73 Å². The Balaban J connectivity index is 2.10. The molecule has 1 heterocycles. The van der Waals surface area contributed by atoms with E-state index in [1.807, 2.05) is 6.92 Å². The molecule has 0 spiro atoms. The van der Waals surface area contributed by atoms with E-state index in [9.17, 15) is 17.6 Å². The van der Waals surface area contributed by atoms with Crippen molar-refractivity contribution in [3.05, 3.63) is 29.8 Å². The van der Waals surface area contributed by atoms with Gasteiger partial charge in [0, 0.05) is 18.7 Å². The van der Waals surface area contributed by atoms with Gasteiger partial charge >= 0.3 is 0 Å². The number of hydrogen-bond donors (Lipinski definition) is 1. The number of halogens is 1. The fourth-order valence-corrected chi connectivity index (χ4v) is 3.25. The van der Waals surface area contributed by atoms with E-state index >= 15 is 0 Å². The molecule has 1 amide bonds. The van der Waals surface area contributed by atoms with Crippen LogP contribution in [0, 0.1) is 0 Å². The average molecular weight is 329 g/mol. The van der Waals surface area contributed by atoms with Crippen molar-refractivity contribution in [3.63, 3.8) is 0 Å². The summed E-state index contributed by atoms with van der Waals surface area (Å²) in [7, 11) is -3.23. The van der Waals surface area contributed by atoms with Crippen LogP contribution in [0.5, 0.6) is 0 Å². The van der Waals surface area contributed by atoms with Crippen molar-refractivity contribution in [2.75, 3.05) is 19.3 Å². The normalized spacial score (nSPS) is 21.6. The predicted octanol–water partition coefficient (Wildman–Crippen LogP) is 0.375. The lowest BCUT2D eigenvalue weighted by Gasteiger charge is -2.22. The Morgan fingerprint density at radius 3 is 2.41 bits per heavy atom. The molecule has 1 aliphatic rings. The largest absolute Gasteiger partial charge is 0.347 e. The maximum absolute atomic E-state index is 13.2. The number of amides is 1. The van der Waals surface area contributed by atoms with Crippen molar-refractivity contribution >= 4 is 15.7 Å². The van der Waals surface area contributed by atoms with Gasteiger partial charge in [-0.15, -0.1) is 0 Å². The first-order valence-electron chi connectivity index (χ1n) is 7.26. The molecule has 0 bridgehead atoms. The zero-order valence-electron chi connectivity index (χ0n) is 12.8. The topological polar surface area (TPSA) is 82.1 Å². The molecule has 1 aliphatic heterocycles. The van der Waals surface area contributed by atoms with E-state index in [1.165, 1.54) is 17.0 Å². The van der Waals surface area contributed by atoms with E-state index in [0.29, 0.717) is 13.0 Å². The molecule has 5 nitrogen and oxygen atoms in total. The predicted molar refractivity (Wildman–Crippen MR) is 80.7 cm³/mol. The SMILES string of the molecule is C[C@@H](c1ccc(S(C)(=O)=O)cc1)[C@H]([NH3+])C(=O)N1CC[C@H](F)C1. The van der Waals surface area contributed by atoms with Crippen LogP contribution in [0.25, 0.3) is 0 Å². The van der Waals surface area contributed by atoms with Crippen molar-refractivity contribution in [1.29, 1.82) is 0 Å². The number of carbonyl (C=O) groups is 1. The van der Waals surface area contributed by atoms with Crippen LogP contribution in [0.15, 0.2) is 29.2 Å². The molecule has 0 unspecified atom stereocenters. The van der Waals surface area contributed by atoms with Gasteiger partial charge in [-0.05, 0) is 24.1 Å². The molecule has 122 valence electrons. The highest BCUT2D eigenvalue weighted by atomic mass is 32.2. The summed E-state index contributed by atoms with van der Waals surface area (Å²) in [5.74, 6) is -0.320. The highest BCUT2D eigenvalue weighted by Crippen LogP contribution is 2.22. The van der Waals surface area contributed by atoms with Crippen LogP contribution >= 0.6 is 0 Å². The van der Waals surface area contributed by atoms with Crippen LogP contribution in [0.3, 0.4) is 0 Å². The van der Waals surface area contributed by atoms with Gasteiger partial charge in [-0.25, -0.2) is 12.8 Å². The van der Waals surface area contributed by atoms with Crippen LogP contribution in [0.1, 0.15) is 24.8 Å². The maximum Gasteiger partial charge on any atom is 0.281 e.